The number of nitrogens with two attached hydrogens (primary N) is 1. The van der Waals surface area contributed by atoms with Gasteiger partial charge in [-0.2, -0.15) is 0 Å². The van der Waals surface area contributed by atoms with Gasteiger partial charge in [-0.15, -0.1) is 0 Å². The second kappa shape index (κ2) is 5.61. The van der Waals surface area contributed by atoms with E-state index >= 15 is 0 Å². The average Bonchev–Trinajstić information content (AvgIpc) is 2.55. The molecule has 0 radical (unpaired) electrons. The first-order chi connectivity index (χ1) is 7.51. The van der Waals surface area contributed by atoms with Crippen LogP contribution in [0.15, 0.2) is 0 Å². The van der Waals surface area contributed by atoms with Crippen molar-refractivity contribution in [1.82, 2.24) is 5.32 Å². The van der Waals surface area contributed by atoms with Crippen molar-refractivity contribution in [3.63, 3.8) is 0 Å². The Hall–Kier alpha value is -0.650. The lowest BCUT2D eigenvalue weighted by Crippen LogP contribution is -2.51. The van der Waals surface area contributed by atoms with Gasteiger partial charge in [-0.3, -0.25) is 4.79 Å². The van der Waals surface area contributed by atoms with Crippen molar-refractivity contribution in [1.29, 1.82) is 0 Å². The van der Waals surface area contributed by atoms with Crippen LogP contribution < -0.4 is 11.1 Å². The van der Waals surface area contributed by atoms with E-state index in [0.29, 0.717) is 19.6 Å². The SMILES string of the molecule is COC(CN)CC(=O)NC1(C)CCOC1C. The minimum atomic E-state index is -0.260. The van der Waals surface area contributed by atoms with Crippen LogP contribution in [-0.2, 0) is 14.3 Å². The van der Waals surface area contributed by atoms with Gasteiger partial charge in [-0.1, -0.05) is 0 Å². The summed E-state index contributed by atoms with van der Waals surface area (Å²) in [5.74, 6) is -0.0304. The third kappa shape index (κ3) is 3.17. The first-order valence-electron chi connectivity index (χ1n) is 5.67. The maximum Gasteiger partial charge on any atom is 0.223 e. The Morgan fingerprint density at radius 1 is 1.75 bits per heavy atom. The van der Waals surface area contributed by atoms with Crippen LogP contribution >= 0.6 is 0 Å². The van der Waals surface area contributed by atoms with Crippen LogP contribution in [0, 0.1) is 0 Å². The summed E-state index contributed by atoms with van der Waals surface area (Å²) >= 11 is 0. The van der Waals surface area contributed by atoms with Gasteiger partial charge in [-0.25, -0.2) is 0 Å². The molecular weight excluding hydrogens is 208 g/mol. The monoisotopic (exact) mass is 230 g/mol. The lowest BCUT2D eigenvalue weighted by Gasteiger charge is -2.29. The fourth-order valence-corrected chi connectivity index (χ4v) is 1.84. The number of rotatable bonds is 5. The summed E-state index contributed by atoms with van der Waals surface area (Å²) in [6.45, 7) is 5.03. The Labute approximate surface area is 96.7 Å². The van der Waals surface area contributed by atoms with E-state index < -0.39 is 0 Å². The van der Waals surface area contributed by atoms with Crippen molar-refractivity contribution >= 4 is 5.91 Å². The van der Waals surface area contributed by atoms with Gasteiger partial charge >= 0.3 is 0 Å². The Kier molecular flexibility index (Phi) is 4.70. The third-order valence-electron chi connectivity index (χ3n) is 3.32. The quantitative estimate of drug-likeness (QED) is 0.699. The number of hydrogen-bond donors (Lipinski definition) is 2. The first kappa shape index (κ1) is 13.4. The van der Waals surface area contributed by atoms with Gasteiger partial charge in [0.1, 0.15) is 0 Å². The van der Waals surface area contributed by atoms with Crippen molar-refractivity contribution < 1.29 is 14.3 Å². The minimum Gasteiger partial charge on any atom is -0.380 e. The second-order valence-corrected chi connectivity index (χ2v) is 4.53. The molecule has 94 valence electrons. The molecule has 0 aromatic carbocycles. The largest absolute Gasteiger partial charge is 0.380 e. The molecule has 3 N–H and O–H groups in total. The summed E-state index contributed by atoms with van der Waals surface area (Å²) in [6.07, 6.45) is 0.992. The van der Waals surface area contributed by atoms with Crippen LogP contribution in [0.4, 0.5) is 0 Å². The van der Waals surface area contributed by atoms with Crippen LogP contribution in [-0.4, -0.2) is 43.9 Å². The standard InChI is InChI=1S/C11H22N2O3/c1-8-11(2,4-5-16-8)13-10(14)6-9(7-12)15-3/h8-9H,4-7,12H2,1-3H3,(H,13,14). The van der Waals surface area contributed by atoms with Crippen LogP contribution in [0.25, 0.3) is 0 Å². The molecule has 5 nitrogen and oxygen atoms in total. The zero-order chi connectivity index (χ0) is 12.2. The zero-order valence-corrected chi connectivity index (χ0v) is 10.3. The average molecular weight is 230 g/mol. The summed E-state index contributed by atoms with van der Waals surface area (Å²) < 4.78 is 10.5. The fourth-order valence-electron chi connectivity index (χ4n) is 1.84. The molecule has 1 amide bonds. The normalized spacial score (nSPS) is 31.4. The molecule has 1 rings (SSSR count). The van der Waals surface area contributed by atoms with Crippen LogP contribution in [0.2, 0.25) is 0 Å². The predicted molar refractivity (Wildman–Crippen MR) is 61.0 cm³/mol. The van der Waals surface area contributed by atoms with E-state index in [1.54, 1.807) is 7.11 Å². The van der Waals surface area contributed by atoms with Crippen molar-refractivity contribution in [3.8, 4) is 0 Å². The minimum absolute atomic E-state index is 0.0304. The molecule has 1 aliphatic heterocycles. The van der Waals surface area contributed by atoms with E-state index in [4.69, 9.17) is 15.2 Å². The van der Waals surface area contributed by atoms with E-state index in [1.165, 1.54) is 0 Å². The molecule has 16 heavy (non-hydrogen) atoms. The Bertz CT molecular complexity index is 243. The molecule has 0 aromatic heterocycles. The number of methoxy groups -OCH3 is 1. The molecule has 0 aliphatic carbocycles. The molecule has 1 saturated heterocycles. The summed E-state index contributed by atoms with van der Waals surface area (Å²) in [6, 6.07) is 0. The van der Waals surface area contributed by atoms with E-state index in [2.05, 4.69) is 5.32 Å². The molecule has 1 heterocycles. The molecule has 1 fully saturated rings. The van der Waals surface area contributed by atoms with E-state index in [0.717, 1.165) is 6.42 Å². The molecular formula is C11H22N2O3. The molecule has 3 unspecified atom stereocenters. The topological polar surface area (TPSA) is 73.6 Å². The summed E-state index contributed by atoms with van der Waals surface area (Å²) in [5, 5.41) is 3.00. The van der Waals surface area contributed by atoms with E-state index in [9.17, 15) is 4.79 Å². The highest BCUT2D eigenvalue weighted by molar-refractivity contribution is 5.77. The van der Waals surface area contributed by atoms with Crippen molar-refractivity contribution in [3.05, 3.63) is 0 Å². The number of carbonyl (C=O) groups is 1. The molecule has 0 saturated carbocycles. The highest BCUT2D eigenvalue weighted by Crippen LogP contribution is 2.25. The van der Waals surface area contributed by atoms with Gasteiger partial charge in [0.05, 0.1) is 24.2 Å². The van der Waals surface area contributed by atoms with Crippen molar-refractivity contribution in [2.45, 2.75) is 44.4 Å². The number of amides is 1. The smallest absolute Gasteiger partial charge is 0.223 e. The molecule has 0 spiro atoms. The summed E-state index contributed by atoms with van der Waals surface area (Å²) in [7, 11) is 1.56. The molecule has 0 aromatic rings. The number of ether oxygens (including phenoxy) is 2. The molecule has 1 aliphatic rings. The summed E-state index contributed by atoms with van der Waals surface area (Å²) in [4.78, 5) is 11.8. The zero-order valence-electron chi connectivity index (χ0n) is 10.3. The Morgan fingerprint density at radius 3 is 2.88 bits per heavy atom. The van der Waals surface area contributed by atoms with E-state index in [-0.39, 0.29) is 23.7 Å². The fraction of sp³-hybridized carbons (Fsp3) is 0.909. The van der Waals surface area contributed by atoms with Gasteiger partial charge in [-0.05, 0) is 20.3 Å². The summed E-state index contributed by atoms with van der Waals surface area (Å²) in [5.41, 5.74) is 5.21. The first-order valence-corrected chi connectivity index (χ1v) is 5.67. The molecule has 3 atom stereocenters. The lowest BCUT2D eigenvalue weighted by atomic mass is 9.94. The lowest BCUT2D eigenvalue weighted by molar-refractivity contribution is -0.125. The third-order valence-corrected chi connectivity index (χ3v) is 3.32. The maximum absolute atomic E-state index is 11.8. The van der Waals surface area contributed by atoms with E-state index in [1.807, 2.05) is 13.8 Å². The van der Waals surface area contributed by atoms with Crippen LogP contribution in [0.5, 0.6) is 0 Å². The number of carbonyl (C=O) groups excluding carboxylic acids is 1. The second-order valence-electron chi connectivity index (χ2n) is 4.53. The maximum atomic E-state index is 11.8. The number of nitrogens with one attached hydrogen (secondary N) is 1. The van der Waals surface area contributed by atoms with Gasteiger partial charge < -0.3 is 20.5 Å². The van der Waals surface area contributed by atoms with Gasteiger partial charge in [0.15, 0.2) is 0 Å². The molecule has 0 bridgehead atoms. The van der Waals surface area contributed by atoms with Crippen molar-refractivity contribution in [2.75, 3.05) is 20.3 Å². The van der Waals surface area contributed by atoms with Gasteiger partial charge in [0.2, 0.25) is 5.91 Å². The van der Waals surface area contributed by atoms with Gasteiger partial charge in [0, 0.05) is 20.3 Å². The molecule has 5 heteroatoms. The van der Waals surface area contributed by atoms with Gasteiger partial charge in [0.25, 0.3) is 0 Å². The number of hydrogen-bond acceptors (Lipinski definition) is 4. The van der Waals surface area contributed by atoms with Crippen LogP contribution in [0.1, 0.15) is 26.7 Å². The Morgan fingerprint density at radius 2 is 2.44 bits per heavy atom. The highest BCUT2D eigenvalue weighted by Gasteiger charge is 2.38. The highest BCUT2D eigenvalue weighted by atomic mass is 16.5. The van der Waals surface area contributed by atoms with Crippen LogP contribution in [0.3, 0.4) is 0 Å². The predicted octanol–water partition coefficient (Wildman–Crippen LogP) is 0.0339. The van der Waals surface area contributed by atoms with Crippen molar-refractivity contribution in [2.24, 2.45) is 5.73 Å². The Balaban J connectivity index is 2.44.